The third-order valence-corrected chi connectivity index (χ3v) is 4.26. The van der Waals surface area contributed by atoms with Crippen LogP contribution in [0.5, 0.6) is 0 Å². The molecule has 0 aromatic rings. The smallest absolute Gasteiger partial charge is 0.0334 e. The zero-order valence-electron chi connectivity index (χ0n) is 9.34. The van der Waals surface area contributed by atoms with E-state index in [4.69, 9.17) is 0 Å². The van der Waals surface area contributed by atoms with E-state index in [-0.39, 0.29) is 0 Å². The number of rotatable bonds is 0. The molecule has 0 spiro atoms. The minimum absolute atomic E-state index is 0.552. The van der Waals surface area contributed by atoms with Crippen LogP contribution in [0.15, 0.2) is 0 Å². The van der Waals surface area contributed by atoms with E-state index in [9.17, 15) is 0 Å². The highest BCUT2D eigenvalue weighted by Crippen LogP contribution is 2.51. The van der Waals surface area contributed by atoms with Gasteiger partial charge in [-0.05, 0) is 61.7 Å². The summed E-state index contributed by atoms with van der Waals surface area (Å²) in [6, 6.07) is 0. The molecule has 1 radical (unpaired) electrons. The van der Waals surface area contributed by atoms with Crippen molar-refractivity contribution in [2.45, 2.75) is 52.9 Å². The summed E-state index contributed by atoms with van der Waals surface area (Å²) in [5, 5.41) is 0. The highest BCUT2D eigenvalue weighted by Gasteiger charge is 2.42. The molecule has 0 heteroatoms. The highest BCUT2D eigenvalue weighted by atomic mass is 14.5. The van der Waals surface area contributed by atoms with Gasteiger partial charge in [0.05, 0.1) is 0 Å². The predicted molar refractivity (Wildman–Crippen MR) is 57.3 cm³/mol. The van der Waals surface area contributed by atoms with Gasteiger partial charge in [0.1, 0.15) is 0 Å². The van der Waals surface area contributed by atoms with Gasteiger partial charge in [-0.15, -0.1) is 0 Å². The van der Waals surface area contributed by atoms with Crippen molar-refractivity contribution < 1.29 is 0 Å². The maximum absolute atomic E-state index is 2.52. The standard InChI is InChI=1S/C13H23/c1-13(2,3)12-9-8-10-6-4-5-7-11(10)12/h4,10-12H,5-9H2,1-3H3. The summed E-state index contributed by atoms with van der Waals surface area (Å²) in [4.78, 5) is 0. The van der Waals surface area contributed by atoms with E-state index in [0.29, 0.717) is 5.41 Å². The maximum Gasteiger partial charge on any atom is -0.0334 e. The summed E-state index contributed by atoms with van der Waals surface area (Å²) in [7, 11) is 0. The minimum atomic E-state index is 0.552. The van der Waals surface area contributed by atoms with Gasteiger partial charge in [0.15, 0.2) is 0 Å². The van der Waals surface area contributed by atoms with Crippen LogP contribution < -0.4 is 0 Å². The van der Waals surface area contributed by atoms with Crippen LogP contribution in [0, 0.1) is 29.6 Å². The molecule has 0 nitrogen and oxygen atoms in total. The first-order chi connectivity index (χ1) is 6.09. The van der Waals surface area contributed by atoms with Crippen molar-refractivity contribution in [3.8, 4) is 0 Å². The summed E-state index contributed by atoms with van der Waals surface area (Å²) in [6.07, 6.45) is 9.79. The van der Waals surface area contributed by atoms with Crippen LogP contribution in [0.3, 0.4) is 0 Å². The lowest BCUT2D eigenvalue weighted by Crippen LogP contribution is -2.28. The van der Waals surface area contributed by atoms with Gasteiger partial charge in [0.25, 0.3) is 0 Å². The van der Waals surface area contributed by atoms with Crippen molar-refractivity contribution in [3.63, 3.8) is 0 Å². The molecule has 0 aromatic heterocycles. The van der Waals surface area contributed by atoms with Gasteiger partial charge in [-0.3, -0.25) is 0 Å². The molecule has 2 rings (SSSR count). The van der Waals surface area contributed by atoms with Crippen LogP contribution in [0.25, 0.3) is 0 Å². The van der Waals surface area contributed by atoms with Crippen molar-refractivity contribution in [2.24, 2.45) is 23.2 Å². The van der Waals surface area contributed by atoms with E-state index >= 15 is 0 Å². The van der Waals surface area contributed by atoms with Gasteiger partial charge in [0, 0.05) is 0 Å². The van der Waals surface area contributed by atoms with Gasteiger partial charge >= 0.3 is 0 Å². The summed E-state index contributed by atoms with van der Waals surface area (Å²) in [6.45, 7) is 7.29. The molecule has 3 atom stereocenters. The van der Waals surface area contributed by atoms with Crippen molar-refractivity contribution in [1.82, 2.24) is 0 Å². The first-order valence-corrected chi connectivity index (χ1v) is 5.90. The van der Waals surface area contributed by atoms with Crippen LogP contribution in [-0.2, 0) is 0 Å². The van der Waals surface area contributed by atoms with Gasteiger partial charge in [0.2, 0.25) is 0 Å². The van der Waals surface area contributed by atoms with E-state index in [1.165, 1.54) is 32.1 Å². The van der Waals surface area contributed by atoms with Crippen LogP contribution in [-0.4, -0.2) is 0 Å². The molecule has 3 unspecified atom stereocenters. The van der Waals surface area contributed by atoms with E-state index in [1.807, 2.05) is 0 Å². The van der Waals surface area contributed by atoms with Crippen molar-refractivity contribution in [2.75, 3.05) is 0 Å². The number of hydrogen-bond donors (Lipinski definition) is 0. The normalized spacial score (nSPS) is 40.4. The predicted octanol–water partition coefficient (Wildman–Crippen LogP) is 4.06. The van der Waals surface area contributed by atoms with E-state index in [0.717, 1.165) is 17.8 Å². The third kappa shape index (κ3) is 1.78. The number of fused-ring (bicyclic) bond motifs is 1. The molecule has 13 heavy (non-hydrogen) atoms. The molecule has 0 bridgehead atoms. The Morgan fingerprint density at radius 2 is 1.85 bits per heavy atom. The molecule has 2 aliphatic carbocycles. The Hall–Kier alpha value is 0. The fraction of sp³-hybridized carbons (Fsp3) is 0.923. The topological polar surface area (TPSA) is 0 Å². The van der Waals surface area contributed by atoms with Crippen LogP contribution >= 0.6 is 0 Å². The quantitative estimate of drug-likeness (QED) is 0.526. The summed E-state index contributed by atoms with van der Waals surface area (Å²) in [5.41, 5.74) is 0.552. The first-order valence-electron chi connectivity index (χ1n) is 5.90. The Bertz CT molecular complexity index is 175. The molecule has 0 saturated heterocycles. The lowest BCUT2D eigenvalue weighted by Gasteiger charge is -2.36. The lowest BCUT2D eigenvalue weighted by atomic mass is 9.69. The molecule has 0 aromatic carbocycles. The number of hydrogen-bond acceptors (Lipinski definition) is 0. The molecule has 2 aliphatic rings. The molecule has 0 heterocycles. The van der Waals surface area contributed by atoms with Crippen molar-refractivity contribution >= 4 is 0 Å². The average Bonchev–Trinajstić information content (AvgIpc) is 2.45. The summed E-state index contributed by atoms with van der Waals surface area (Å²) < 4.78 is 0. The second-order valence-corrected chi connectivity index (χ2v) is 6.08. The molecular formula is C13H23. The van der Waals surface area contributed by atoms with E-state index in [2.05, 4.69) is 27.2 Å². The molecule has 0 N–H and O–H groups in total. The summed E-state index contributed by atoms with van der Waals surface area (Å²) >= 11 is 0. The Labute approximate surface area is 83.1 Å². The Morgan fingerprint density at radius 1 is 1.08 bits per heavy atom. The maximum atomic E-state index is 2.52. The van der Waals surface area contributed by atoms with Crippen LogP contribution in [0.1, 0.15) is 52.9 Å². The molecule has 2 saturated carbocycles. The zero-order valence-corrected chi connectivity index (χ0v) is 9.34. The SMILES string of the molecule is CC(C)(C)C1CCC2C[CH]CCC21. The monoisotopic (exact) mass is 179 g/mol. The summed E-state index contributed by atoms with van der Waals surface area (Å²) in [5.74, 6) is 3.12. The molecular weight excluding hydrogens is 156 g/mol. The van der Waals surface area contributed by atoms with E-state index in [1.54, 1.807) is 0 Å². The van der Waals surface area contributed by atoms with Crippen molar-refractivity contribution in [1.29, 1.82) is 0 Å². The third-order valence-electron chi connectivity index (χ3n) is 4.26. The van der Waals surface area contributed by atoms with Crippen molar-refractivity contribution in [3.05, 3.63) is 6.42 Å². The van der Waals surface area contributed by atoms with E-state index < -0.39 is 0 Å². The molecule has 2 fully saturated rings. The average molecular weight is 179 g/mol. The Morgan fingerprint density at radius 3 is 2.54 bits per heavy atom. The van der Waals surface area contributed by atoms with Gasteiger partial charge in [-0.2, -0.15) is 0 Å². The largest absolute Gasteiger partial charge is 0.0599 e. The molecule has 75 valence electrons. The van der Waals surface area contributed by atoms with Crippen LogP contribution in [0.4, 0.5) is 0 Å². The first kappa shape index (κ1) is 9.55. The second kappa shape index (κ2) is 3.29. The molecule has 0 amide bonds. The Balaban J connectivity index is 2.07. The van der Waals surface area contributed by atoms with Gasteiger partial charge in [-0.1, -0.05) is 20.8 Å². The van der Waals surface area contributed by atoms with Gasteiger partial charge in [-0.25, -0.2) is 0 Å². The fourth-order valence-corrected chi connectivity index (χ4v) is 3.60. The van der Waals surface area contributed by atoms with Gasteiger partial charge < -0.3 is 0 Å². The Kier molecular flexibility index (Phi) is 2.42. The fourth-order valence-electron chi connectivity index (χ4n) is 3.60. The zero-order chi connectivity index (χ0) is 9.47. The minimum Gasteiger partial charge on any atom is -0.0599 e. The lowest BCUT2D eigenvalue weighted by molar-refractivity contribution is 0.145. The second-order valence-electron chi connectivity index (χ2n) is 6.08. The van der Waals surface area contributed by atoms with Crippen LogP contribution in [0.2, 0.25) is 0 Å². The highest BCUT2D eigenvalue weighted by molar-refractivity contribution is 4.95. The molecule has 0 aliphatic heterocycles.